The van der Waals surface area contributed by atoms with Gasteiger partial charge in [-0.25, -0.2) is 0 Å². The highest BCUT2D eigenvalue weighted by atomic mass is 32.1. The second kappa shape index (κ2) is 9.34. The molecule has 0 N–H and O–H groups in total. The van der Waals surface area contributed by atoms with Crippen molar-refractivity contribution in [3.8, 4) is 11.1 Å². The minimum atomic E-state index is 0.791. The van der Waals surface area contributed by atoms with Gasteiger partial charge in [-0.15, -0.1) is 0 Å². The normalized spacial score (nSPS) is 9.73. The topological polar surface area (TPSA) is 12.9 Å². The Morgan fingerprint density at radius 3 is 1.23 bits per heavy atom. The highest BCUT2D eigenvalue weighted by molar-refractivity contribution is 7.79. The fourth-order valence-electron chi connectivity index (χ4n) is 1.92. The SMILES string of the molecule is SCc1ccc(-c2ccc(CS)cc2)cc1.c1ccncc1. The summed E-state index contributed by atoms with van der Waals surface area (Å²) in [6.45, 7) is 0. The fourth-order valence-corrected chi connectivity index (χ4v) is 2.34. The van der Waals surface area contributed by atoms with E-state index in [9.17, 15) is 0 Å². The van der Waals surface area contributed by atoms with Gasteiger partial charge in [0.2, 0.25) is 0 Å². The van der Waals surface area contributed by atoms with Crippen LogP contribution in [0.5, 0.6) is 0 Å². The first-order valence-electron chi connectivity index (χ1n) is 7.08. The molecule has 1 heterocycles. The van der Waals surface area contributed by atoms with Crippen LogP contribution in [0.2, 0.25) is 0 Å². The summed E-state index contributed by atoms with van der Waals surface area (Å²) in [7, 11) is 0. The molecule has 0 aliphatic carbocycles. The van der Waals surface area contributed by atoms with E-state index in [-0.39, 0.29) is 0 Å². The van der Waals surface area contributed by atoms with E-state index in [1.54, 1.807) is 12.4 Å². The Kier molecular flexibility index (Phi) is 7.07. The first kappa shape index (κ1) is 16.7. The maximum Gasteiger partial charge on any atom is 0.0267 e. The van der Waals surface area contributed by atoms with Crippen LogP contribution >= 0.6 is 25.3 Å². The van der Waals surface area contributed by atoms with Crippen LogP contribution < -0.4 is 0 Å². The van der Waals surface area contributed by atoms with E-state index in [1.165, 1.54) is 22.3 Å². The summed E-state index contributed by atoms with van der Waals surface area (Å²) in [6.07, 6.45) is 3.50. The third-order valence-corrected chi connectivity index (χ3v) is 3.90. The molecule has 112 valence electrons. The molecular formula is C19H19NS2. The average Bonchev–Trinajstić information content (AvgIpc) is 2.64. The minimum absolute atomic E-state index is 0.791. The standard InChI is InChI=1S/C14H14S2.C5H5N/c15-9-11-1-5-13(6-2-11)14-7-3-12(10-16)4-8-14;1-2-4-6-5-3-1/h1-8,15-16H,9-10H2;1-5H. The molecule has 0 fully saturated rings. The molecule has 0 bridgehead atoms. The van der Waals surface area contributed by atoms with Crippen LogP contribution in [0.3, 0.4) is 0 Å². The molecule has 1 aromatic heterocycles. The number of pyridine rings is 1. The summed E-state index contributed by atoms with van der Waals surface area (Å²) in [5.41, 5.74) is 4.99. The molecule has 3 aromatic rings. The maximum atomic E-state index is 4.25. The van der Waals surface area contributed by atoms with Gasteiger partial charge < -0.3 is 0 Å². The predicted molar refractivity (Wildman–Crippen MR) is 101 cm³/mol. The summed E-state index contributed by atoms with van der Waals surface area (Å²) >= 11 is 8.50. The molecular weight excluding hydrogens is 306 g/mol. The van der Waals surface area contributed by atoms with E-state index < -0.39 is 0 Å². The lowest BCUT2D eigenvalue weighted by Crippen LogP contribution is -1.82. The first-order valence-corrected chi connectivity index (χ1v) is 8.35. The predicted octanol–water partition coefficient (Wildman–Crippen LogP) is 5.29. The van der Waals surface area contributed by atoms with Crippen LogP contribution in [0, 0.1) is 0 Å². The van der Waals surface area contributed by atoms with Crippen molar-refractivity contribution in [3.05, 3.63) is 90.3 Å². The van der Waals surface area contributed by atoms with E-state index in [2.05, 4.69) is 78.8 Å². The first-order chi connectivity index (χ1) is 10.8. The van der Waals surface area contributed by atoms with Crippen LogP contribution in [0.4, 0.5) is 0 Å². The van der Waals surface area contributed by atoms with Crippen LogP contribution in [0.1, 0.15) is 11.1 Å². The smallest absolute Gasteiger partial charge is 0.0267 e. The zero-order valence-corrected chi connectivity index (χ0v) is 14.1. The average molecular weight is 326 g/mol. The minimum Gasteiger partial charge on any atom is -0.265 e. The molecule has 0 aliphatic heterocycles. The summed E-state index contributed by atoms with van der Waals surface area (Å²) < 4.78 is 0. The van der Waals surface area contributed by atoms with Crippen molar-refractivity contribution in [2.75, 3.05) is 0 Å². The Morgan fingerprint density at radius 2 is 1.00 bits per heavy atom. The molecule has 3 rings (SSSR count). The molecule has 1 nitrogen and oxygen atoms in total. The third-order valence-electron chi connectivity index (χ3n) is 3.17. The Balaban J connectivity index is 0.000000246. The number of thiol groups is 2. The molecule has 0 aliphatic rings. The number of nitrogens with zero attached hydrogens (tertiary/aromatic N) is 1. The summed E-state index contributed by atoms with van der Waals surface area (Å²) in [4.78, 5) is 3.78. The van der Waals surface area contributed by atoms with Gasteiger partial charge in [-0.05, 0) is 34.4 Å². The lowest BCUT2D eigenvalue weighted by molar-refractivity contribution is 1.33. The molecule has 3 heteroatoms. The van der Waals surface area contributed by atoms with Crippen molar-refractivity contribution in [3.63, 3.8) is 0 Å². The second-order valence-electron chi connectivity index (χ2n) is 4.73. The quantitative estimate of drug-likeness (QED) is 0.624. The Morgan fingerprint density at radius 1 is 0.591 bits per heavy atom. The molecule has 0 spiro atoms. The van der Waals surface area contributed by atoms with Gasteiger partial charge in [-0.1, -0.05) is 54.6 Å². The van der Waals surface area contributed by atoms with E-state index in [4.69, 9.17) is 0 Å². The van der Waals surface area contributed by atoms with E-state index in [1.807, 2.05) is 18.2 Å². The Bertz CT molecular complexity index is 577. The fraction of sp³-hybridized carbons (Fsp3) is 0.105. The van der Waals surface area contributed by atoms with Crippen molar-refractivity contribution in [2.45, 2.75) is 11.5 Å². The highest BCUT2D eigenvalue weighted by Gasteiger charge is 1.97. The third kappa shape index (κ3) is 5.24. The largest absolute Gasteiger partial charge is 0.265 e. The van der Waals surface area contributed by atoms with Crippen LogP contribution in [-0.4, -0.2) is 4.98 Å². The van der Waals surface area contributed by atoms with Crippen LogP contribution in [-0.2, 0) is 11.5 Å². The second-order valence-corrected chi connectivity index (χ2v) is 5.37. The molecule has 0 atom stereocenters. The van der Waals surface area contributed by atoms with Gasteiger partial charge in [-0.3, -0.25) is 4.98 Å². The van der Waals surface area contributed by atoms with Crippen molar-refractivity contribution in [2.24, 2.45) is 0 Å². The van der Waals surface area contributed by atoms with Gasteiger partial charge in [0.1, 0.15) is 0 Å². The molecule has 0 saturated heterocycles. The Labute approximate surface area is 143 Å². The zero-order chi connectivity index (χ0) is 15.6. The van der Waals surface area contributed by atoms with Crippen molar-refractivity contribution < 1.29 is 0 Å². The summed E-state index contributed by atoms with van der Waals surface area (Å²) in [5, 5.41) is 0. The molecule has 0 unspecified atom stereocenters. The van der Waals surface area contributed by atoms with Crippen molar-refractivity contribution >= 4 is 25.3 Å². The van der Waals surface area contributed by atoms with E-state index >= 15 is 0 Å². The van der Waals surface area contributed by atoms with Crippen LogP contribution in [0.15, 0.2) is 79.1 Å². The Hall–Kier alpha value is -1.71. The summed E-state index contributed by atoms with van der Waals surface area (Å²) in [6, 6.07) is 22.8. The van der Waals surface area contributed by atoms with Crippen molar-refractivity contribution in [1.29, 1.82) is 0 Å². The van der Waals surface area contributed by atoms with Gasteiger partial charge in [0.15, 0.2) is 0 Å². The van der Waals surface area contributed by atoms with Gasteiger partial charge in [0.25, 0.3) is 0 Å². The maximum absolute atomic E-state index is 4.25. The number of benzene rings is 2. The molecule has 0 saturated carbocycles. The number of rotatable bonds is 3. The summed E-state index contributed by atoms with van der Waals surface area (Å²) in [5.74, 6) is 1.58. The highest BCUT2D eigenvalue weighted by Crippen LogP contribution is 2.21. The number of aromatic nitrogens is 1. The lowest BCUT2D eigenvalue weighted by Gasteiger charge is -2.04. The van der Waals surface area contributed by atoms with Crippen LogP contribution in [0.25, 0.3) is 11.1 Å². The van der Waals surface area contributed by atoms with E-state index in [0.29, 0.717) is 0 Å². The zero-order valence-electron chi connectivity index (χ0n) is 12.3. The molecule has 0 amide bonds. The monoisotopic (exact) mass is 325 g/mol. The number of hydrogen-bond acceptors (Lipinski definition) is 3. The van der Waals surface area contributed by atoms with Gasteiger partial charge in [0, 0.05) is 23.9 Å². The van der Waals surface area contributed by atoms with E-state index in [0.717, 1.165) is 11.5 Å². The number of hydrogen-bond donors (Lipinski definition) is 2. The van der Waals surface area contributed by atoms with Gasteiger partial charge >= 0.3 is 0 Å². The molecule has 2 aromatic carbocycles. The van der Waals surface area contributed by atoms with Gasteiger partial charge in [-0.2, -0.15) is 25.3 Å². The molecule has 22 heavy (non-hydrogen) atoms. The van der Waals surface area contributed by atoms with Gasteiger partial charge in [0.05, 0.1) is 0 Å². The van der Waals surface area contributed by atoms with Crippen molar-refractivity contribution in [1.82, 2.24) is 4.98 Å². The molecule has 0 radical (unpaired) electrons. The lowest BCUT2D eigenvalue weighted by atomic mass is 10.0.